The lowest BCUT2D eigenvalue weighted by molar-refractivity contribution is 0.444. The summed E-state index contributed by atoms with van der Waals surface area (Å²) >= 11 is 0. The number of rotatable bonds is 6. The van der Waals surface area contributed by atoms with Crippen molar-refractivity contribution < 1.29 is 0 Å². The van der Waals surface area contributed by atoms with E-state index in [4.69, 9.17) is 0 Å². The number of hydrogen-bond acceptors (Lipinski definition) is 1. The van der Waals surface area contributed by atoms with E-state index in [1.165, 1.54) is 110 Å². The highest BCUT2D eigenvalue weighted by atomic mass is 15.1. The van der Waals surface area contributed by atoms with Gasteiger partial charge in [0, 0.05) is 22.4 Å². The summed E-state index contributed by atoms with van der Waals surface area (Å²) in [6, 6.07) is 63.4. The quantitative estimate of drug-likeness (QED) is 0.167. The van der Waals surface area contributed by atoms with Gasteiger partial charge in [-0.3, -0.25) is 0 Å². The molecule has 1 heteroatoms. The van der Waals surface area contributed by atoms with Crippen LogP contribution in [0.2, 0.25) is 0 Å². The molecule has 0 radical (unpaired) electrons. The Morgan fingerprint density at radius 1 is 0.463 bits per heavy atom. The predicted octanol–water partition coefficient (Wildman–Crippen LogP) is 15.2. The van der Waals surface area contributed by atoms with Gasteiger partial charge < -0.3 is 4.90 Å². The molecule has 1 saturated carbocycles. The molecule has 2 aliphatic carbocycles. The van der Waals surface area contributed by atoms with Crippen molar-refractivity contribution in [2.45, 2.75) is 57.3 Å². The molecule has 0 atom stereocenters. The topological polar surface area (TPSA) is 3.24 Å². The van der Waals surface area contributed by atoms with Crippen LogP contribution in [0.5, 0.6) is 0 Å². The van der Waals surface area contributed by atoms with Gasteiger partial charge in [-0.1, -0.05) is 173 Å². The summed E-state index contributed by atoms with van der Waals surface area (Å²) in [6.45, 7) is 4.84. The molecule has 8 aromatic rings. The molecule has 1 fully saturated rings. The molecular formula is C53H45N. The number of anilines is 3. The number of fused-ring (bicyclic) bond motifs is 5. The molecule has 10 rings (SSSR count). The van der Waals surface area contributed by atoms with E-state index in [0.29, 0.717) is 5.92 Å². The van der Waals surface area contributed by atoms with Crippen molar-refractivity contribution in [3.63, 3.8) is 0 Å². The normalized spacial score (nSPS) is 14.9. The van der Waals surface area contributed by atoms with Crippen molar-refractivity contribution in [1.29, 1.82) is 0 Å². The van der Waals surface area contributed by atoms with Crippen molar-refractivity contribution in [3.8, 4) is 33.4 Å². The van der Waals surface area contributed by atoms with Crippen LogP contribution >= 0.6 is 0 Å². The Bertz CT molecular complexity index is 2650. The molecule has 0 N–H and O–H groups in total. The van der Waals surface area contributed by atoms with E-state index in [0.717, 1.165) is 5.69 Å². The summed E-state index contributed by atoms with van der Waals surface area (Å²) in [5.41, 5.74) is 15.7. The summed E-state index contributed by atoms with van der Waals surface area (Å²) in [4.78, 5) is 2.52. The third kappa shape index (κ3) is 5.37. The third-order valence-corrected chi connectivity index (χ3v) is 12.5. The van der Waals surface area contributed by atoms with E-state index < -0.39 is 0 Å². The summed E-state index contributed by atoms with van der Waals surface area (Å²) in [7, 11) is 0. The van der Waals surface area contributed by atoms with Crippen LogP contribution in [0.25, 0.3) is 54.9 Å². The Morgan fingerprint density at radius 3 is 1.91 bits per heavy atom. The zero-order chi connectivity index (χ0) is 36.2. The minimum atomic E-state index is -0.0624. The van der Waals surface area contributed by atoms with Gasteiger partial charge in [0.15, 0.2) is 0 Å². The molecule has 0 unspecified atom stereocenters. The second kappa shape index (κ2) is 13.2. The van der Waals surface area contributed by atoms with Gasteiger partial charge in [-0.25, -0.2) is 0 Å². The minimum absolute atomic E-state index is 0.0624. The van der Waals surface area contributed by atoms with Gasteiger partial charge >= 0.3 is 0 Å². The SMILES string of the molecule is CC1(C)c2ccc(N(c3ccc(-c4ccccc4)cc3)c3ccc4ccccc4c3-c3cccc4ccccc34)cc2-c2c(C3CCCCC3)cccc21. The van der Waals surface area contributed by atoms with Crippen LogP contribution in [0, 0.1) is 0 Å². The van der Waals surface area contributed by atoms with Crippen molar-refractivity contribution in [2.75, 3.05) is 4.90 Å². The molecule has 2 aliphatic rings. The first-order valence-electron chi connectivity index (χ1n) is 19.8. The Kier molecular flexibility index (Phi) is 7.99. The molecule has 0 heterocycles. The average molecular weight is 696 g/mol. The van der Waals surface area contributed by atoms with Gasteiger partial charge in [0.25, 0.3) is 0 Å². The maximum absolute atomic E-state index is 2.52. The highest BCUT2D eigenvalue weighted by Gasteiger charge is 2.38. The van der Waals surface area contributed by atoms with Crippen molar-refractivity contribution in [2.24, 2.45) is 0 Å². The zero-order valence-electron chi connectivity index (χ0n) is 31.2. The highest BCUT2D eigenvalue weighted by molar-refractivity contribution is 6.11. The van der Waals surface area contributed by atoms with Crippen LogP contribution in [0.15, 0.2) is 170 Å². The Balaban J connectivity index is 1.23. The molecule has 0 aromatic heterocycles. The first kappa shape index (κ1) is 32.7. The fraction of sp³-hybridized carbons (Fsp3) is 0.170. The van der Waals surface area contributed by atoms with Crippen LogP contribution in [-0.4, -0.2) is 0 Å². The molecule has 262 valence electrons. The Hall–Kier alpha value is -5.92. The van der Waals surface area contributed by atoms with Crippen LogP contribution in [0.3, 0.4) is 0 Å². The van der Waals surface area contributed by atoms with Gasteiger partial charge in [-0.15, -0.1) is 0 Å². The summed E-state index contributed by atoms with van der Waals surface area (Å²) < 4.78 is 0. The van der Waals surface area contributed by atoms with Crippen molar-refractivity contribution >= 4 is 38.6 Å². The van der Waals surface area contributed by atoms with Gasteiger partial charge in [0.2, 0.25) is 0 Å². The largest absolute Gasteiger partial charge is 0.310 e. The van der Waals surface area contributed by atoms with Gasteiger partial charge in [0.1, 0.15) is 0 Å². The van der Waals surface area contributed by atoms with E-state index >= 15 is 0 Å². The van der Waals surface area contributed by atoms with Gasteiger partial charge in [-0.05, 0) is 115 Å². The van der Waals surface area contributed by atoms with Crippen molar-refractivity contribution in [3.05, 3.63) is 187 Å². The van der Waals surface area contributed by atoms with Crippen molar-refractivity contribution in [1.82, 2.24) is 0 Å². The van der Waals surface area contributed by atoms with Gasteiger partial charge in [0.05, 0.1) is 5.69 Å². The second-order valence-electron chi connectivity index (χ2n) is 15.9. The monoisotopic (exact) mass is 695 g/mol. The average Bonchev–Trinajstić information content (AvgIpc) is 3.47. The fourth-order valence-corrected chi connectivity index (χ4v) is 9.75. The van der Waals surface area contributed by atoms with E-state index in [9.17, 15) is 0 Å². The predicted molar refractivity (Wildman–Crippen MR) is 230 cm³/mol. The smallest absolute Gasteiger partial charge is 0.0546 e. The van der Waals surface area contributed by atoms with E-state index in [2.05, 4.69) is 189 Å². The van der Waals surface area contributed by atoms with Crippen LogP contribution in [-0.2, 0) is 5.41 Å². The van der Waals surface area contributed by atoms with E-state index in [1.807, 2.05) is 0 Å². The molecule has 54 heavy (non-hydrogen) atoms. The molecule has 8 aromatic carbocycles. The summed E-state index contributed by atoms with van der Waals surface area (Å²) in [5.74, 6) is 0.624. The lowest BCUT2D eigenvalue weighted by Crippen LogP contribution is -2.16. The second-order valence-corrected chi connectivity index (χ2v) is 15.9. The third-order valence-electron chi connectivity index (χ3n) is 12.5. The fourth-order valence-electron chi connectivity index (χ4n) is 9.75. The minimum Gasteiger partial charge on any atom is -0.310 e. The van der Waals surface area contributed by atoms with Crippen LogP contribution < -0.4 is 4.90 Å². The first-order chi connectivity index (χ1) is 26.6. The molecule has 0 spiro atoms. The first-order valence-corrected chi connectivity index (χ1v) is 19.8. The Morgan fingerprint density at radius 2 is 1.11 bits per heavy atom. The summed E-state index contributed by atoms with van der Waals surface area (Å²) in [5, 5.41) is 5.01. The standard InChI is InChI=1S/C53H45N/c1-53(2)48-33-32-42(35-47(48)51-44(24-14-26-49(51)53)39-17-7-4-8-18-39)54(41-30-27-37(28-31-41)36-15-5-3-6-16-36)50-34-29-40-20-10-12-23-45(40)52(50)46-25-13-21-38-19-9-11-22-43(38)46/h3,5-6,9-16,19-35,39H,4,7-8,17-18H2,1-2H3. The van der Waals surface area contributed by atoms with E-state index in [-0.39, 0.29) is 5.41 Å². The number of benzene rings is 8. The van der Waals surface area contributed by atoms with Crippen LogP contribution in [0.4, 0.5) is 17.1 Å². The maximum Gasteiger partial charge on any atom is 0.0546 e. The molecule has 0 aliphatic heterocycles. The van der Waals surface area contributed by atoms with Crippen LogP contribution in [0.1, 0.15) is 68.6 Å². The highest BCUT2D eigenvalue weighted by Crippen LogP contribution is 2.55. The zero-order valence-corrected chi connectivity index (χ0v) is 31.2. The Labute approximate surface area is 319 Å². The number of nitrogens with zero attached hydrogens (tertiary/aromatic N) is 1. The number of hydrogen-bond donors (Lipinski definition) is 0. The lowest BCUT2D eigenvalue weighted by atomic mass is 9.78. The molecule has 0 saturated heterocycles. The van der Waals surface area contributed by atoms with Gasteiger partial charge in [-0.2, -0.15) is 0 Å². The molecule has 0 amide bonds. The molecular weight excluding hydrogens is 651 g/mol. The maximum atomic E-state index is 2.52. The molecule has 1 nitrogen and oxygen atoms in total. The molecule has 0 bridgehead atoms. The van der Waals surface area contributed by atoms with E-state index in [1.54, 1.807) is 5.56 Å². The lowest BCUT2D eigenvalue weighted by Gasteiger charge is -2.30. The summed E-state index contributed by atoms with van der Waals surface area (Å²) in [6.07, 6.45) is 6.60.